The Labute approximate surface area is 111 Å². The van der Waals surface area contributed by atoms with Crippen molar-refractivity contribution in [3.8, 4) is 0 Å². The van der Waals surface area contributed by atoms with Gasteiger partial charge in [-0.05, 0) is 24.3 Å². The number of hydrogen-bond donors (Lipinski definition) is 0. The highest BCUT2D eigenvalue weighted by Crippen LogP contribution is 2.07. The summed E-state index contributed by atoms with van der Waals surface area (Å²) in [6, 6.07) is 0. The summed E-state index contributed by atoms with van der Waals surface area (Å²) in [6.07, 6.45) is 7.76. The molecule has 0 aromatic heterocycles. The zero-order valence-corrected chi connectivity index (χ0v) is 11.2. The van der Waals surface area contributed by atoms with Gasteiger partial charge in [0.15, 0.2) is 0 Å². The van der Waals surface area contributed by atoms with Crippen LogP contribution < -0.4 is 18.6 Å². The molecular formula is C12H20ClNO4. The van der Waals surface area contributed by atoms with Crippen molar-refractivity contribution in [1.82, 2.24) is 0 Å². The van der Waals surface area contributed by atoms with Gasteiger partial charge in [-0.25, -0.2) is 18.6 Å². The average Bonchev–Trinajstić information content (AvgIpc) is 2.16. The van der Waals surface area contributed by atoms with E-state index < -0.39 is 10.2 Å². The van der Waals surface area contributed by atoms with Crippen LogP contribution in [0, 0.1) is 10.2 Å². The first-order chi connectivity index (χ1) is 8.24. The summed E-state index contributed by atoms with van der Waals surface area (Å²) in [6.45, 7) is 18.8. The maximum absolute atomic E-state index is 8.49. The molecule has 0 atom stereocenters. The van der Waals surface area contributed by atoms with Crippen molar-refractivity contribution in [1.29, 1.82) is 0 Å². The molecule has 0 aliphatic heterocycles. The molecule has 0 aromatic rings. The third-order valence-electron chi connectivity index (χ3n) is 2.07. The molecule has 6 heteroatoms. The van der Waals surface area contributed by atoms with Crippen LogP contribution in [0.25, 0.3) is 0 Å². The largest absolute Gasteiger partial charge is 0.311 e. The topological polar surface area (TPSA) is 92.2 Å². The van der Waals surface area contributed by atoms with Crippen LogP contribution in [0.5, 0.6) is 0 Å². The fourth-order valence-electron chi connectivity index (χ4n) is 1.54. The molecule has 0 spiro atoms. The molecule has 0 radical (unpaired) electrons. The van der Waals surface area contributed by atoms with E-state index in [1.54, 1.807) is 0 Å². The van der Waals surface area contributed by atoms with Crippen LogP contribution >= 0.6 is 0 Å². The first-order valence-electron chi connectivity index (χ1n) is 5.15. The van der Waals surface area contributed by atoms with Gasteiger partial charge in [0.25, 0.3) is 0 Å². The zero-order chi connectivity index (χ0) is 14.7. The summed E-state index contributed by atoms with van der Waals surface area (Å²) in [5.74, 6) is 0. The lowest BCUT2D eigenvalue weighted by Crippen LogP contribution is -2.68. The Balaban J connectivity index is 0. The lowest BCUT2D eigenvalue weighted by molar-refractivity contribution is -2.00. The Bertz CT molecular complexity index is 222. The van der Waals surface area contributed by atoms with Gasteiger partial charge in [-0.15, -0.1) is 10.2 Å². The normalized spacial score (nSPS) is 10.9. The number of hydrogen-bond acceptors (Lipinski definition) is 4. The minimum absolute atomic E-state index is 0.903. The van der Waals surface area contributed by atoms with Crippen molar-refractivity contribution in [2.45, 2.75) is 0 Å². The summed E-state index contributed by atoms with van der Waals surface area (Å²) in [5, 5.41) is 0. The van der Waals surface area contributed by atoms with Gasteiger partial charge in [-0.3, -0.25) is 0 Å². The van der Waals surface area contributed by atoms with Crippen LogP contribution in [0.1, 0.15) is 0 Å². The van der Waals surface area contributed by atoms with E-state index in [-0.39, 0.29) is 0 Å². The van der Waals surface area contributed by atoms with E-state index in [2.05, 4.69) is 26.3 Å². The number of rotatable bonds is 8. The van der Waals surface area contributed by atoms with Gasteiger partial charge in [0.1, 0.15) is 0 Å². The van der Waals surface area contributed by atoms with Crippen LogP contribution in [0.2, 0.25) is 0 Å². The molecule has 104 valence electrons. The Morgan fingerprint density at radius 1 is 0.667 bits per heavy atom. The fraction of sp³-hybridized carbons (Fsp3) is 0.333. The molecule has 0 heterocycles. The Hall–Kier alpha value is -0.950. The quantitative estimate of drug-likeness (QED) is 0.371. The van der Waals surface area contributed by atoms with Crippen molar-refractivity contribution in [2.75, 3.05) is 26.2 Å². The van der Waals surface area contributed by atoms with Crippen molar-refractivity contribution in [3.05, 3.63) is 50.6 Å². The zero-order valence-electron chi connectivity index (χ0n) is 10.4. The van der Waals surface area contributed by atoms with Crippen molar-refractivity contribution < 1.29 is 33.4 Å². The highest BCUT2D eigenvalue weighted by atomic mass is 35.7. The fourth-order valence-corrected chi connectivity index (χ4v) is 1.54. The second kappa shape index (κ2) is 10.0. The Morgan fingerprint density at radius 3 is 0.944 bits per heavy atom. The van der Waals surface area contributed by atoms with Crippen LogP contribution in [0.4, 0.5) is 0 Å². The summed E-state index contributed by atoms with van der Waals surface area (Å²) < 4.78 is 34.9. The number of nitrogens with zero attached hydrogens (tertiary/aromatic N) is 1. The lowest BCUT2D eigenvalue weighted by atomic mass is 10.3. The van der Waals surface area contributed by atoms with Crippen LogP contribution in [0.15, 0.2) is 50.6 Å². The monoisotopic (exact) mass is 277 g/mol. The van der Waals surface area contributed by atoms with Gasteiger partial charge in [0, 0.05) is 0 Å². The maximum atomic E-state index is 8.49. The Kier molecular flexibility index (Phi) is 10.8. The third kappa shape index (κ3) is 13.1. The average molecular weight is 278 g/mol. The third-order valence-corrected chi connectivity index (χ3v) is 2.07. The molecule has 0 aliphatic rings. The van der Waals surface area contributed by atoms with Crippen LogP contribution in [-0.4, -0.2) is 30.7 Å². The van der Waals surface area contributed by atoms with E-state index in [0.717, 1.165) is 30.7 Å². The second-order valence-corrected chi connectivity index (χ2v) is 4.36. The van der Waals surface area contributed by atoms with E-state index in [1.165, 1.54) is 0 Å². The minimum atomic E-state index is -4.94. The first-order valence-corrected chi connectivity index (χ1v) is 6.38. The standard InChI is InChI=1S/C12H20N.ClHO4/c1-5-9-13(10-6-2,11-7-3)12-8-4;2-1(3,4)5/h5-8H,1-4,9-12H2;(H,2,3,4,5)/q+1;/p-1. The van der Waals surface area contributed by atoms with Gasteiger partial charge in [-0.1, -0.05) is 26.3 Å². The molecule has 0 aromatic carbocycles. The smallest absolute Gasteiger partial charge is 0.0978 e. The number of quaternary nitrogens is 1. The van der Waals surface area contributed by atoms with Gasteiger partial charge in [0.05, 0.1) is 26.2 Å². The van der Waals surface area contributed by atoms with E-state index >= 15 is 0 Å². The molecule has 0 amide bonds. The predicted molar refractivity (Wildman–Crippen MR) is 60.5 cm³/mol. The van der Waals surface area contributed by atoms with Crippen molar-refractivity contribution in [3.63, 3.8) is 0 Å². The van der Waals surface area contributed by atoms with Gasteiger partial charge >= 0.3 is 0 Å². The van der Waals surface area contributed by atoms with Gasteiger partial charge < -0.3 is 4.48 Å². The van der Waals surface area contributed by atoms with Crippen LogP contribution in [0.3, 0.4) is 0 Å². The first kappa shape index (κ1) is 19.4. The minimum Gasteiger partial charge on any atom is -0.311 e. The molecule has 0 unspecified atom stereocenters. The SMILES string of the molecule is C=CC[N+](CC=C)(CC=C)CC=C.[O-][Cl+3]([O-])([O-])[O-]. The van der Waals surface area contributed by atoms with Crippen LogP contribution in [-0.2, 0) is 0 Å². The molecule has 0 N–H and O–H groups in total. The van der Waals surface area contributed by atoms with E-state index in [1.807, 2.05) is 24.3 Å². The molecule has 5 nitrogen and oxygen atoms in total. The maximum Gasteiger partial charge on any atom is 0.0978 e. The van der Waals surface area contributed by atoms with E-state index in [4.69, 9.17) is 18.6 Å². The predicted octanol–water partition coefficient (Wildman–Crippen LogP) is -2.21. The molecule has 0 rings (SSSR count). The number of halogens is 1. The molecule has 18 heavy (non-hydrogen) atoms. The molecule has 0 aliphatic carbocycles. The summed E-state index contributed by atoms with van der Waals surface area (Å²) in [7, 11) is -4.94. The highest BCUT2D eigenvalue weighted by Gasteiger charge is 2.20. The molecule has 0 saturated heterocycles. The van der Waals surface area contributed by atoms with Crippen molar-refractivity contribution in [2.24, 2.45) is 0 Å². The second-order valence-electron chi connectivity index (χ2n) is 3.60. The molecule has 0 fully saturated rings. The van der Waals surface area contributed by atoms with Crippen molar-refractivity contribution >= 4 is 0 Å². The molecular weight excluding hydrogens is 258 g/mol. The van der Waals surface area contributed by atoms with Gasteiger partial charge in [0.2, 0.25) is 0 Å². The summed E-state index contributed by atoms with van der Waals surface area (Å²) >= 11 is 0. The lowest BCUT2D eigenvalue weighted by Gasteiger charge is -2.35. The Morgan fingerprint density at radius 2 is 0.833 bits per heavy atom. The van der Waals surface area contributed by atoms with E-state index in [0.29, 0.717) is 0 Å². The summed E-state index contributed by atoms with van der Waals surface area (Å²) in [5.41, 5.74) is 0. The highest BCUT2D eigenvalue weighted by molar-refractivity contribution is 4.79. The van der Waals surface area contributed by atoms with E-state index in [9.17, 15) is 0 Å². The molecule has 0 saturated carbocycles. The molecule has 0 bridgehead atoms. The van der Waals surface area contributed by atoms with Gasteiger partial charge in [-0.2, -0.15) is 0 Å². The summed E-state index contributed by atoms with van der Waals surface area (Å²) in [4.78, 5) is 0.